The van der Waals surface area contributed by atoms with Gasteiger partial charge in [0.25, 0.3) is 5.56 Å². The number of aromatic amines is 2. The molecule has 8 heteroatoms. The molecule has 1 aromatic carbocycles. The van der Waals surface area contributed by atoms with Crippen LogP contribution in [0.15, 0.2) is 40.3 Å². The van der Waals surface area contributed by atoms with Gasteiger partial charge in [-0.3, -0.25) is 9.59 Å². The van der Waals surface area contributed by atoms with Crippen LogP contribution >= 0.6 is 11.8 Å². The van der Waals surface area contributed by atoms with Gasteiger partial charge >= 0.3 is 0 Å². The average molecular weight is 394 g/mol. The second-order valence-corrected chi connectivity index (χ2v) is 7.10. The van der Waals surface area contributed by atoms with E-state index in [0.717, 1.165) is 23.1 Å². The Morgan fingerprint density at radius 3 is 2.54 bits per heavy atom. The van der Waals surface area contributed by atoms with E-state index in [4.69, 9.17) is 4.74 Å². The molecule has 0 saturated carbocycles. The summed E-state index contributed by atoms with van der Waals surface area (Å²) in [7, 11) is 1.56. The van der Waals surface area contributed by atoms with Gasteiger partial charge in [-0.1, -0.05) is 11.8 Å². The summed E-state index contributed by atoms with van der Waals surface area (Å²) in [5, 5.41) is 9.64. The maximum Gasteiger partial charge on any atom is 0.270 e. The van der Waals surface area contributed by atoms with Gasteiger partial charge in [-0.15, -0.1) is 0 Å². The first kappa shape index (κ1) is 19.5. The summed E-state index contributed by atoms with van der Waals surface area (Å²) in [6, 6.07) is 10.6. The third-order valence-electron chi connectivity index (χ3n) is 4.16. The van der Waals surface area contributed by atoms with E-state index in [1.807, 2.05) is 19.9 Å². The molecule has 0 aliphatic heterocycles. The summed E-state index contributed by atoms with van der Waals surface area (Å²) in [6.07, 6.45) is 0. The molecule has 28 heavy (non-hydrogen) atoms. The van der Waals surface area contributed by atoms with Crippen LogP contribution in [-0.2, 0) is 0 Å². The van der Waals surface area contributed by atoms with Crippen LogP contribution in [0.1, 0.15) is 27.3 Å². The Morgan fingerprint density at radius 2 is 1.96 bits per heavy atom. The minimum Gasteiger partial charge on any atom is -0.497 e. The molecule has 0 aliphatic rings. The molecule has 2 aromatic heterocycles. The SMILES string of the molecule is COc1ccc(-c2nc(SCC(=O)c3cc(C)[nH]c3C)[nH]c(=O)c2C#N)cc1. The number of nitrogens with zero attached hydrogens (tertiary/aromatic N) is 2. The first-order valence-electron chi connectivity index (χ1n) is 8.44. The summed E-state index contributed by atoms with van der Waals surface area (Å²) >= 11 is 1.13. The van der Waals surface area contributed by atoms with Crippen molar-refractivity contribution < 1.29 is 9.53 Å². The predicted molar refractivity (Wildman–Crippen MR) is 107 cm³/mol. The molecule has 2 heterocycles. The molecule has 2 N–H and O–H groups in total. The number of H-pyrrole nitrogens is 2. The van der Waals surface area contributed by atoms with Crippen LogP contribution in [0, 0.1) is 25.2 Å². The molecule has 0 amide bonds. The van der Waals surface area contributed by atoms with E-state index in [9.17, 15) is 14.9 Å². The summed E-state index contributed by atoms with van der Waals surface area (Å²) < 4.78 is 5.13. The van der Waals surface area contributed by atoms with Crippen molar-refractivity contribution in [3.63, 3.8) is 0 Å². The standard InChI is InChI=1S/C20H18N4O3S/c1-11-8-15(12(2)22-11)17(25)10-28-20-23-18(16(9-21)19(26)24-20)13-4-6-14(27-3)7-5-13/h4-8,22H,10H2,1-3H3,(H,23,24,26). The molecular formula is C20H18N4O3S. The molecule has 0 saturated heterocycles. The zero-order valence-corrected chi connectivity index (χ0v) is 16.4. The molecule has 0 aliphatic carbocycles. The van der Waals surface area contributed by atoms with Crippen molar-refractivity contribution in [1.29, 1.82) is 5.26 Å². The second kappa shape index (κ2) is 8.15. The van der Waals surface area contributed by atoms with Crippen molar-refractivity contribution >= 4 is 17.5 Å². The van der Waals surface area contributed by atoms with Gasteiger partial charge in [0.2, 0.25) is 0 Å². The van der Waals surface area contributed by atoms with Crippen LogP contribution in [0.5, 0.6) is 5.75 Å². The minimum atomic E-state index is -0.535. The molecule has 0 spiro atoms. The number of thioether (sulfide) groups is 1. The highest BCUT2D eigenvalue weighted by Crippen LogP contribution is 2.24. The van der Waals surface area contributed by atoms with E-state index in [1.54, 1.807) is 37.4 Å². The Hall–Kier alpha value is -3.31. The summed E-state index contributed by atoms with van der Waals surface area (Å²) in [6.45, 7) is 3.73. The minimum absolute atomic E-state index is 0.0649. The van der Waals surface area contributed by atoms with Gasteiger partial charge in [-0.05, 0) is 44.2 Å². The zero-order valence-electron chi connectivity index (χ0n) is 15.6. The molecule has 142 valence electrons. The molecule has 3 aromatic rings. The Bertz CT molecular complexity index is 1120. The van der Waals surface area contributed by atoms with E-state index in [-0.39, 0.29) is 27.9 Å². The third kappa shape index (κ3) is 4.00. The van der Waals surface area contributed by atoms with Crippen LogP contribution in [0.2, 0.25) is 0 Å². The summed E-state index contributed by atoms with van der Waals surface area (Å²) in [4.78, 5) is 34.9. The van der Waals surface area contributed by atoms with E-state index < -0.39 is 5.56 Å². The molecule has 7 nitrogen and oxygen atoms in total. The number of methoxy groups -OCH3 is 1. The van der Waals surface area contributed by atoms with Crippen LogP contribution in [0.3, 0.4) is 0 Å². The lowest BCUT2D eigenvalue weighted by Crippen LogP contribution is -2.15. The highest BCUT2D eigenvalue weighted by molar-refractivity contribution is 7.99. The number of aromatic nitrogens is 3. The number of ether oxygens (including phenoxy) is 1. The molecule has 3 rings (SSSR count). The summed E-state index contributed by atoms with van der Waals surface area (Å²) in [5.41, 5.74) is 2.63. The van der Waals surface area contributed by atoms with E-state index >= 15 is 0 Å². The van der Waals surface area contributed by atoms with Crippen molar-refractivity contribution in [2.45, 2.75) is 19.0 Å². The number of Topliss-reactive ketones (excluding diaryl/α,β-unsaturated/α-hetero) is 1. The largest absolute Gasteiger partial charge is 0.497 e. The van der Waals surface area contributed by atoms with Gasteiger partial charge in [0.15, 0.2) is 10.9 Å². The van der Waals surface area contributed by atoms with Gasteiger partial charge in [-0.2, -0.15) is 5.26 Å². The highest BCUT2D eigenvalue weighted by Gasteiger charge is 2.16. The van der Waals surface area contributed by atoms with Gasteiger partial charge in [0.05, 0.1) is 18.6 Å². The monoisotopic (exact) mass is 394 g/mol. The lowest BCUT2D eigenvalue weighted by molar-refractivity contribution is 0.102. The number of nitrogens with one attached hydrogen (secondary N) is 2. The smallest absolute Gasteiger partial charge is 0.270 e. The Labute approximate surface area is 165 Å². The maximum atomic E-state index is 12.5. The molecule has 0 atom stereocenters. The predicted octanol–water partition coefficient (Wildman–Crippen LogP) is 3.24. The van der Waals surface area contributed by atoms with Crippen molar-refractivity contribution in [2.75, 3.05) is 12.9 Å². The topological polar surface area (TPSA) is 112 Å². The third-order valence-corrected chi connectivity index (χ3v) is 5.04. The molecule has 0 bridgehead atoms. The van der Waals surface area contributed by atoms with E-state index in [0.29, 0.717) is 16.9 Å². The van der Waals surface area contributed by atoms with Crippen molar-refractivity contribution in [3.05, 3.63) is 63.2 Å². The van der Waals surface area contributed by atoms with Crippen LogP contribution in [0.4, 0.5) is 0 Å². The Balaban J connectivity index is 1.89. The number of carbonyl (C=O) groups excluding carboxylic acids is 1. The van der Waals surface area contributed by atoms with Gasteiger partial charge in [-0.25, -0.2) is 4.98 Å². The van der Waals surface area contributed by atoms with Gasteiger partial charge < -0.3 is 14.7 Å². The van der Waals surface area contributed by atoms with Crippen LogP contribution in [-0.4, -0.2) is 33.6 Å². The lowest BCUT2D eigenvalue weighted by atomic mass is 10.1. The number of ketones is 1. The van der Waals surface area contributed by atoms with E-state index in [1.165, 1.54) is 0 Å². The normalized spacial score (nSPS) is 10.5. The number of nitriles is 1. The quantitative estimate of drug-likeness (QED) is 0.377. The average Bonchev–Trinajstić information content (AvgIpc) is 3.04. The fraction of sp³-hybridized carbons (Fsp3) is 0.200. The van der Waals surface area contributed by atoms with Gasteiger partial charge in [0, 0.05) is 22.5 Å². The molecule has 0 radical (unpaired) electrons. The van der Waals surface area contributed by atoms with Crippen LogP contribution < -0.4 is 10.3 Å². The van der Waals surface area contributed by atoms with Crippen molar-refractivity contribution in [1.82, 2.24) is 15.0 Å². The number of benzene rings is 1. The number of aryl methyl sites for hydroxylation is 2. The first-order valence-corrected chi connectivity index (χ1v) is 9.42. The number of hydrogen-bond acceptors (Lipinski definition) is 6. The van der Waals surface area contributed by atoms with Gasteiger partial charge in [0.1, 0.15) is 17.4 Å². The van der Waals surface area contributed by atoms with Crippen molar-refractivity contribution in [3.8, 4) is 23.1 Å². The number of carbonyl (C=O) groups is 1. The second-order valence-electron chi connectivity index (χ2n) is 6.14. The highest BCUT2D eigenvalue weighted by atomic mass is 32.2. The van der Waals surface area contributed by atoms with Crippen LogP contribution in [0.25, 0.3) is 11.3 Å². The lowest BCUT2D eigenvalue weighted by Gasteiger charge is -2.07. The van der Waals surface area contributed by atoms with E-state index in [2.05, 4.69) is 15.0 Å². The zero-order chi connectivity index (χ0) is 20.3. The Morgan fingerprint density at radius 1 is 1.25 bits per heavy atom. The molecule has 0 unspecified atom stereocenters. The Kier molecular flexibility index (Phi) is 5.66. The first-order chi connectivity index (χ1) is 13.4. The molecule has 0 fully saturated rings. The fourth-order valence-electron chi connectivity index (χ4n) is 2.81. The summed E-state index contributed by atoms with van der Waals surface area (Å²) in [5.74, 6) is 0.712. The number of rotatable bonds is 6. The van der Waals surface area contributed by atoms with Crippen molar-refractivity contribution in [2.24, 2.45) is 0 Å². The number of hydrogen-bond donors (Lipinski definition) is 2. The maximum absolute atomic E-state index is 12.5. The fourth-order valence-corrected chi connectivity index (χ4v) is 3.55. The molecular weight excluding hydrogens is 376 g/mol.